The van der Waals surface area contributed by atoms with Gasteiger partial charge >= 0.3 is 0 Å². The molecule has 0 saturated carbocycles. The van der Waals surface area contributed by atoms with Crippen LogP contribution in [0.15, 0.2) is 48.5 Å². The lowest BCUT2D eigenvalue weighted by Gasteiger charge is -2.14. The van der Waals surface area contributed by atoms with Crippen molar-refractivity contribution >= 4 is 17.3 Å². The minimum atomic E-state index is -0.0984. The Morgan fingerprint density at radius 1 is 0.868 bits per heavy atom. The van der Waals surface area contributed by atoms with Crippen molar-refractivity contribution in [1.82, 2.24) is 10.6 Å². The average molecular weight is 521 g/mol. The number of benzene rings is 2. The van der Waals surface area contributed by atoms with Gasteiger partial charge in [-0.2, -0.15) is 0 Å². The van der Waals surface area contributed by atoms with E-state index in [4.69, 9.17) is 9.47 Å². The van der Waals surface area contributed by atoms with Crippen molar-refractivity contribution in [2.24, 2.45) is 0 Å². The molecule has 0 bridgehead atoms. The summed E-state index contributed by atoms with van der Waals surface area (Å²) in [6.07, 6.45) is 8.79. The number of Topliss-reactive ketones (excluding diaryl/α,β-unsaturated/α-hetero) is 1. The molecule has 0 aromatic heterocycles. The van der Waals surface area contributed by atoms with Gasteiger partial charge in [-0.15, -0.1) is 0 Å². The summed E-state index contributed by atoms with van der Waals surface area (Å²) < 4.78 is 10.9. The van der Waals surface area contributed by atoms with Crippen molar-refractivity contribution < 1.29 is 19.1 Å². The SMILES string of the molecule is CCCCOCCOCCC(=O)CCCNC(=O)c1ccc2c(c1)/C(=C\CCNC)c1ccccc1CC2. The first kappa shape index (κ1) is 29.8. The van der Waals surface area contributed by atoms with E-state index in [-0.39, 0.29) is 11.7 Å². The molecule has 0 radical (unpaired) electrons. The Labute approximate surface area is 228 Å². The monoisotopic (exact) mass is 520 g/mol. The lowest BCUT2D eigenvalue weighted by molar-refractivity contribution is -0.120. The van der Waals surface area contributed by atoms with Crippen molar-refractivity contribution in [2.45, 2.75) is 58.3 Å². The summed E-state index contributed by atoms with van der Waals surface area (Å²) in [6, 6.07) is 14.6. The van der Waals surface area contributed by atoms with Crippen LogP contribution < -0.4 is 10.6 Å². The molecular weight excluding hydrogens is 476 g/mol. The van der Waals surface area contributed by atoms with Crippen LogP contribution in [0.3, 0.4) is 0 Å². The van der Waals surface area contributed by atoms with Gasteiger partial charge in [0.2, 0.25) is 0 Å². The molecule has 2 aromatic rings. The molecule has 0 fully saturated rings. The topological polar surface area (TPSA) is 76.7 Å². The van der Waals surface area contributed by atoms with Gasteiger partial charge in [0.15, 0.2) is 0 Å². The fraction of sp³-hybridized carbons (Fsp3) is 0.500. The Morgan fingerprint density at radius 3 is 2.42 bits per heavy atom. The molecule has 1 amide bonds. The Balaban J connectivity index is 1.48. The third kappa shape index (κ3) is 9.50. The molecule has 1 aliphatic carbocycles. The lowest BCUT2D eigenvalue weighted by atomic mass is 9.92. The molecule has 38 heavy (non-hydrogen) atoms. The zero-order chi connectivity index (χ0) is 27.0. The second-order valence-electron chi connectivity index (χ2n) is 9.77. The Bertz CT molecular complexity index is 1060. The Kier molecular flexibility index (Phi) is 13.2. The number of ether oxygens (including phenoxy) is 2. The number of nitrogens with one attached hydrogen (secondary N) is 2. The number of aryl methyl sites for hydroxylation is 2. The van der Waals surface area contributed by atoms with Crippen LogP contribution in [0.5, 0.6) is 0 Å². The number of hydrogen-bond acceptors (Lipinski definition) is 5. The standard InChI is InChI=1S/C32H44N2O4/c1-3-4-20-37-22-23-38-21-17-28(35)10-7-19-34-32(36)27-16-15-26-14-13-25-9-5-6-11-29(25)30(31(26)24-27)12-8-18-33-2/h5-6,9,11-12,15-16,24,33H,3-4,7-8,10,13-14,17-23H2,1-2H3,(H,34,36)/b30-12-. The Hall–Kier alpha value is -2.80. The van der Waals surface area contributed by atoms with Crippen molar-refractivity contribution in [3.05, 3.63) is 76.4 Å². The summed E-state index contributed by atoms with van der Waals surface area (Å²) in [5.74, 6) is 0.0601. The van der Waals surface area contributed by atoms with Gasteiger partial charge in [0.05, 0.1) is 19.8 Å². The van der Waals surface area contributed by atoms with E-state index in [1.165, 1.54) is 22.3 Å². The van der Waals surface area contributed by atoms with Crippen molar-refractivity contribution in [2.75, 3.05) is 46.6 Å². The smallest absolute Gasteiger partial charge is 0.251 e. The molecule has 0 heterocycles. The van der Waals surface area contributed by atoms with E-state index in [0.29, 0.717) is 51.2 Å². The molecule has 2 aromatic carbocycles. The van der Waals surface area contributed by atoms with Crippen molar-refractivity contribution in [3.8, 4) is 0 Å². The predicted octanol–water partition coefficient (Wildman–Crippen LogP) is 5.13. The summed E-state index contributed by atoms with van der Waals surface area (Å²) in [6.45, 7) is 5.78. The third-order valence-electron chi connectivity index (χ3n) is 6.83. The van der Waals surface area contributed by atoms with E-state index in [0.717, 1.165) is 50.8 Å². The van der Waals surface area contributed by atoms with Crippen LogP contribution in [0, 0.1) is 0 Å². The zero-order valence-electron chi connectivity index (χ0n) is 23.2. The summed E-state index contributed by atoms with van der Waals surface area (Å²) in [4.78, 5) is 25.1. The van der Waals surface area contributed by atoms with E-state index in [1.54, 1.807) is 0 Å². The number of hydrogen-bond donors (Lipinski definition) is 2. The number of carbonyl (C=O) groups excluding carboxylic acids is 2. The maximum Gasteiger partial charge on any atom is 0.251 e. The van der Waals surface area contributed by atoms with Crippen LogP contribution in [0.25, 0.3) is 5.57 Å². The lowest BCUT2D eigenvalue weighted by Crippen LogP contribution is -2.25. The quantitative estimate of drug-likeness (QED) is 0.283. The zero-order valence-corrected chi connectivity index (χ0v) is 23.2. The normalized spacial score (nSPS) is 13.6. The molecule has 1 aliphatic rings. The van der Waals surface area contributed by atoms with Gasteiger partial charge in [-0.05, 0) is 85.7 Å². The highest BCUT2D eigenvalue weighted by Gasteiger charge is 2.19. The maximum absolute atomic E-state index is 13.0. The molecule has 0 unspecified atom stereocenters. The highest BCUT2D eigenvalue weighted by Crippen LogP contribution is 2.34. The molecule has 6 nitrogen and oxygen atoms in total. The Morgan fingerprint density at radius 2 is 1.63 bits per heavy atom. The molecule has 2 N–H and O–H groups in total. The second kappa shape index (κ2) is 16.9. The van der Waals surface area contributed by atoms with E-state index in [9.17, 15) is 9.59 Å². The van der Waals surface area contributed by atoms with Gasteiger partial charge < -0.3 is 20.1 Å². The number of ketones is 1. The molecule has 0 spiro atoms. The fourth-order valence-corrected chi connectivity index (χ4v) is 4.65. The van der Waals surface area contributed by atoms with E-state index in [2.05, 4.69) is 54.0 Å². The van der Waals surface area contributed by atoms with E-state index in [1.807, 2.05) is 19.2 Å². The molecule has 206 valence electrons. The predicted molar refractivity (Wildman–Crippen MR) is 154 cm³/mol. The van der Waals surface area contributed by atoms with Crippen LogP contribution >= 0.6 is 0 Å². The first-order chi connectivity index (χ1) is 18.6. The molecule has 0 atom stereocenters. The van der Waals surface area contributed by atoms with Gasteiger partial charge in [0.25, 0.3) is 5.91 Å². The van der Waals surface area contributed by atoms with E-state index >= 15 is 0 Å². The van der Waals surface area contributed by atoms with Crippen molar-refractivity contribution in [3.63, 3.8) is 0 Å². The summed E-state index contributed by atoms with van der Waals surface area (Å²) in [5, 5.41) is 6.21. The van der Waals surface area contributed by atoms with Gasteiger partial charge in [0.1, 0.15) is 5.78 Å². The fourth-order valence-electron chi connectivity index (χ4n) is 4.65. The highest BCUT2D eigenvalue weighted by molar-refractivity contribution is 5.96. The molecule has 6 heteroatoms. The van der Waals surface area contributed by atoms with Crippen LogP contribution in [0.1, 0.15) is 78.1 Å². The number of amides is 1. The average Bonchev–Trinajstić information content (AvgIpc) is 3.09. The van der Waals surface area contributed by atoms with Crippen LogP contribution in [0.2, 0.25) is 0 Å². The number of unbranched alkanes of at least 4 members (excludes halogenated alkanes) is 1. The third-order valence-corrected chi connectivity index (χ3v) is 6.83. The molecule has 0 aliphatic heterocycles. The van der Waals surface area contributed by atoms with Gasteiger partial charge in [0, 0.05) is 31.6 Å². The largest absolute Gasteiger partial charge is 0.379 e. The minimum absolute atomic E-state index is 0.0984. The second-order valence-corrected chi connectivity index (χ2v) is 9.77. The van der Waals surface area contributed by atoms with Crippen LogP contribution in [-0.4, -0.2) is 58.3 Å². The molecular formula is C32H44N2O4. The van der Waals surface area contributed by atoms with Gasteiger partial charge in [-0.3, -0.25) is 9.59 Å². The minimum Gasteiger partial charge on any atom is -0.379 e. The van der Waals surface area contributed by atoms with Crippen LogP contribution in [-0.2, 0) is 27.1 Å². The van der Waals surface area contributed by atoms with E-state index < -0.39 is 0 Å². The molecule has 3 rings (SSSR count). The molecule has 0 saturated heterocycles. The number of rotatable bonds is 17. The maximum atomic E-state index is 13.0. The highest BCUT2D eigenvalue weighted by atomic mass is 16.5. The number of carbonyl (C=O) groups is 2. The van der Waals surface area contributed by atoms with Gasteiger partial charge in [-0.1, -0.05) is 49.8 Å². The van der Waals surface area contributed by atoms with Gasteiger partial charge in [-0.25, -0.2) is 0 Å². The summed E-state index contributed by atoms with van der Waals surface area (Å²) in [7, 11) is 1.96. The summed E-state index contributed by atoms with van der Waals surface area (Å²) >= 11 is 0. The summed E-state index contributed by atoms with van der Waals surface area (Å²) in [5.41, 5.74) is 6.88. The van der Waals surface area contributed by atoms with Crippen molar-refractivity contribution in [1.29, 1.82) is 0 Å². The first-order valence-corrected chi connectivity index (χ1v) is 14.2. The number of fused-ring (bicyclic) bond motifs is 2. The van der Waals surface area contributed by atoms with Crippen LogP contribution in [0.4, 0.5) is 0 Å². The first-order valence-electron chi connectivity index (χ1n) is 14.2.